The second-order valence-electron chi connectivity index (χ2n) is 6.57. The van der Waals surface area contributed by atoms with Gasteiger partial charge in [0.25, 0.3) is 17.4 Å². The molecule has 3 rings (SSSR count). The fourth-order valence-corrected chi connectivity index (χ4v) is 2.64. The predicted octanol–water partition coefficient (Wildman–Crippen LogP) is 2.14. The molecule has 1 aliphatic carbocycles. The molecule has 1 aromatic carbocycles. The summed E-state index contributed by atoms with van der Waals surface area (Å²) in [6.45, 7) is -2.88. The topological polar surface area (TPSA) is 91.5 Å². The number of nitrogens with one attached hydrogen (secondary N) is 2. The first-order chi connectivity index (χ1) is 13.3. The van der Waals surface area contributed by atoms with Gasteiger partial charge < -0.3 is 19.9 Å². The molecule has 0 atom stereocenters. The molecule has 2 amide bonds. The highest BCUT2D eigenvalue weighted by molar-refractivity contribution is 5.99. The first-order valence-corrected chi connectivity index (χ1v) is 8.66. The van der Waals surface area contributed by atoms with Crippen LogP contribution in [-0.4, -0.2) is 41.4 Å². The van der Waals surface area contributed by atoms with Gasteiger partial charge >= 0.3 is 6.61 Å². The first-order valence-electron chi connectivity index (χ1n) is 8.66. The molecule has 0 radical (unpaired) electrons. The number of hydrogen-bond donors (Lipinski definition) is 2. The highest BCUT2D eigenvalue weighted by Gasteiger charge is 2.25. The zero-order chi connectivity index (χ0) is 20.3. The number of carbonyl (C=O) groups excluding carboxylic acids is 2. The predicted molar refractivity (Wildman–Crippen MR) is 96.4 cm³/mol. The van der Waals surface area contributed by atoms with Gasteiger partial charge in [0, 0.05) is 25.8 Å². The van der Waals surface area contributed by atoms with Crippen LogP contribution in [0.4, 0.5) is 8.78 Å². The Morgan fingerprint density at radius 3 is 2.75 bits per heavy atom. The van der Waals surface area contributed by atoms with Crippen molar-refractivity contribution in [3.05, 3.63) is 63.6 Å². The molecule has 2 aromatic rings. The van der Waals surface area contributed by atoms with Crippen LogP contribution < -0.4 is 15.6 Å². The number of halogens is 2. The quantitative estimate of drug-likeness (QED) is 0.757. The zero-order valence-corrected chi connectivity index (χ0v) is 15.1. The van der Waals surface area contributed by atoms with Crippen molar-refractivity contribution < 1.29 is 23.1 Å². The summed E-state index contributed by atoms with van der Waals surface area (Å²) >= 11 is 0. The molecule has 28 heavy (non-hydrogen) atoms. The van der Waals surface area contributed by atoms with Crippen LogP contribution >= 0.6 is 0 Å². The minimum absolute atomic E-state index is 0.0232. The molecule has 1 fully saturated rings. The third-order valence-electron chi connectivity index (χ3n) is 4.20. The minimum atomic E-state index is -2.95. The Bertz CT molecular complexity index is 941. The van der Waals surface area contributed by atoms with E-state index in [1.807, 2.05) is 0 Å². The van der Waals surface area contributed by atoms with Gasteiger partial charge in [0.1, 0.15) is 11.3 Å². The summed E-state index contributed by atoms with van der Waals surface area (Å²) in [7, 11) is 1.47. The van der Waals surface area contributed by atoms with E-state index in [1.165, 1.54) is 42.4 Å². The maximum atomic E-state index is 12.7. The fraction of sp³-hybridized carbons (Fsp3) is 0.316. The van der Waals surface area contributed by atoms with Crippen LogP contribution in [0.2, 0.25) is 0 Å². The van der Waals surface area contributed by atoms with Crippen molar-refractivity contribution in [1.82, 2.24) is 15.2 Å². The lowest BCUT2D eigenvalue weighted by atomic mass is 10.1. The highest BCUT2D eigenvalue weighted by Crippen LogP contribution is 2.20. The Morgan fingerprint density at radius 2 is 2.07 bits per heavy atom. The van der Waals surface area contributed by atoms with Gasteiger partial charge in [-0.3, -0.25) is 14.4 Å². The monoisotopic (exact) mass is 391 g/mol. The molecule has 0 saturated heterocycles. The lowest BCUT2D eigenvalue weighted by Gasteiger charge is -2.18. The molecule has 0 unspecified atom stereocenters. The summed E-state index contributed by atoms with van der Waals surface area (Å²) in [5.74, 6) is -0.972. The number of aromatic amines is 1. The van der Waals surface area contributed by atoms with E-state index in [2.05, 4.69) is 15.0 Å². The average Bonchev–Trinajstić information content (AvgIpc) is 3.45. The molecular formula is C19H19F2N3O4. The van der Waals surface area contributed by atoms with Gasteiger partial charge in [0.05, 0.1) is 5.56 Å². The summed E-state index contributed by atoms with van der Waals surface area (Å²) in [5.41, 5.74) is -0.0517. The summed E-state index contributed by atoms with van der Waals surface area (Å²) in [4.78, 5) is 40.5. The molecule has 0 bridgehead atoms. The number of aromatic nitrogens is 1. The molecular weight excluding hydrogens is 372 g/mol. The van der Waals surface area contributed by atoms with Crippen molar-refractivity contribution in [3.63, 3.8) is 0 Å². The number of amides is 2. The Hall–Kier alpha value is -3.23. The first kappa shape index (κ1) is 19.5. The van der Waals surface area contributed by atoms with Crippen LogP contribution in [0.3, 0.4) is 0 Å². The standard InChI is InChI=1S/C19H19F2N3O4/c1-24(10-11-3-2-4-14(7-11)28-19(20)21)18(27)15-8-12(9-22-17(15)26)16(25)23-13-5-6-13/h2-4,7-9,13,19H,5-6,10H2,1H3,(H,22,26)(H,23,25). The molecule has 1 heterocycles. The van der Waals surface area contributed by atoms with Crippen LogP contribution in [0.5, 0.6) is 5.75 Å². The van der Waals surface area contributed by atoms with Gasteiger partial charge in [-0.2, -0.15) is 8.78 Å². The van der Waals surface area contributed by atoms with E-state index >= 15 is 0 Å². The summed E-state index contributed by atoms with van der Waals surface area (Å²) < 4.78 is 29.0. The molecule has 2 N–H and O–H groups in total. The number of nitrogens with zero attached hydrogens (tertiary/aromatic N) is 1. The second kappa shape index (κ2) is 8.20. The van der Waals surface area contributed by atoms with E-state index < -0.39 is 18.1 Å². The van der Waals surface area contributed by atoms with Gasteiger partial charge in [-0.05, 0) is 36.6 Å². The molecule has 1 aliphatic rings. The number of pyridine rings is 1. The van der Waals surface area contributed by atoms with E-state index in [9.17, 15) is 23.2 Å². The Labute approximate surface area is 159 Å². The Morgan fingerprint density at radius 1 is 1.32 bits per heavy atom. The normalized spacial score (nSPS) is 13.3. The van der Waals surface area contributed by atoms with Crippen molar-refractivity contribution in [2.24, 2.45) is 0 Å². The average molecular weight is 391 g/mol. The smallest absolute Gasteiger partial charge is 0.387 e. The van der Waals surface area contributed by atoms with Crippen LogP contribution in [0.1, 0.15) is 39.1 Å². The number of ether oxygens (including phenoxy) is 1. The van der Waals surface area contributed by atoms with E-state index in [1.54, 1.807) is 6.07 Å². The Balaban J connectivity index is 1.74. The molecule has 1 aromatic heterocycles. The number of alkyl halides is 2. The lowest BCUT2D eigenvalue weighted by molar-refractivity contribution is -0.0499. The SMILES string of the molecule is CN(Cc1cccc(OC(F)F)c1)C(=O)c1cc(C(=O)NC2CC2)c[nH]c1=O. The van der Waals surface area contributed by atoms with Crippen molar-refractivity contribution in [2.75, 3.05) is 7.05 Å². The van der Waals surface area contributed by atoms with Crippen molar-refractivity contribution >= 4 is 11.8 Å². The molecule has 148 valence electrons. The molecule has 0 aliphatic heterocycles. The minimum Gasteiger partial charge on any atom is -0.435 e. The van der Waals surface area contributed by atoms with Crippen molar-refractivity contribution in [3.8, 4) is 5.75 Å². The lowest BCUT2D eigenvalue weighted by Crippen LogP contribution is -2.33. The van der Waals surface area contributed by atoms with Gasteiger partial charge in [-0.15, -0.1) is 0 Å². The number of benzene rings is 1. The van der Waals surface area contributed by atoms with E-state index in [-0.39, 0.29) is 35.4 Å². The molecule has 9 heteroatoms. The van der Waals surface area contributed by atoms with Crippen LogP contribution in [-0.2, 0) is 6.54 Å². The highest BCUT2D eigenvalue weighted by atomic mass is 19.3. The van der Waals surface area contributed by atoms with E-state index in [0.29, 0.717) is 5.56 Å². The van der Waals surface area contributed by atoms with Crippen LogP contribution in [0, 0.1) is 0 Å². The third-order valence-corrected chi connectivity index (χ3v) is 4.20. The number of carbonyl (C=O) groups is 2. The molecule has 1 saturated carbocycles. The maximum Gasteiger partial charge on any atom is 0.387 e. The van der Waals surface area contributed by atoms with Crippen molar-refractivity contribution in [2.45, 2.75) is 32.0 Å². The summed E-state index contributed by atoms with van der Waals surface area (Å²) in [6.07, 6.45) is 3.10. The number of rotatable bonds is 7. The zero-order valence-electron chi connectivity index (χ0n) is 15.1. The van der Waals surface area contributed by atoms with Gasteiger partial charge in [0.2, 0.25) is 0 Å². The van der Waals surface area contributed by atoms with Crippen LogP contribution in [0.25, 0.3) is 0 Å². The fourth-order valence-electron chi connectivity index (χ4n) is 2.64. The molecule has 7 nitrogen and oxygen atoms in total. The second-order valence-corrected chi connectivity index (χ2v) is 6.57. The van der Waals surface area contributed by atoms with Gasteiger partial charge in [-0.25, -0.2) is 0 Å². The summed E-state index contributed by atoms with van der Waals surface area (Å²) in [6, 6.07) is 7.34. The number of H-pyrrole nitrogens is 1. The summed E-state index contributed by atoms with van der Waals surface area (Å²) in [5, 5.41) is 2.79. The van der Waals surface area contributed by atoms with Gasteiger partial charge in [-0.1, -0.05) is 12.1 Å². The largest absolute Gasteiger partial charge is 0.435 e. The maximum absolute atomic E-state index is 12.7. The van der Waals surface area contributed by atoms with E-state index in [0.717, 1.165) is 12.8 Å². The van der Waals surface area contributed by atoms with Crippen LogP contribution in [0.15, 0.2) is 41.3 Å². The Kier molecular flexibility index (Phi) is 5.72. The third kappa shape index (κ3) is 4.93. The molecule has 0 spiro atoms. The number of hydrogen-bond acceptors (Lipinski definition) is 4. The van der Waals surface area contributed by atoms with E-state index in [4.69, 9.17) is 0 Å². The van der Waals surface area contributed by atoms with Gasteiger partial charge in [0.15, 0.2) is 0 Å². The van der Waals surface area contributed by atoms with Crippen molar-refractivity contribution in [1.29, 1.82) is 0 Å².